The van der Waals surface area contributed by atoms with E-state index < -0.39 is 0 Å². The number of rotatable bonds is 11. The molecule has 0 aliphatic carbocycles. The van der Waals surface area contributed by atoms with Crippen LogP contribution in [0.1, 0.15) is 84.0 Å². The molecule has 4 nitrogen and oxygen atoms in total. The van der Waals surface area contributed by atoms with E-state index >= 15 is 0 Å². The van der Waals surface area contributed by atoms with Gasteiger partial charge in [-0.3, -0.25) is 4.79 Å². The molecule has 0 radical (unpaired) electrons. The van der Waals surface area contributed by atoms with Gasteiger partial charge in [-0.15, -0.1) is 0 Å². The van der Waals surface area contributed by atoms with E-state index in [0.29, 0.717) is 19.4 Å². The lowest BCUT2D eigenvalue weighted by atomic mass is 10.1. The first-order valence-corrected chi connectivity index (χ1v) is 8.25. The molecule has 0 unspecified atom stereocenters. The van der Waals surface area contributed by atoms with Crippen molar-refractivity contribution in [1.82, 2.24) is 5.06 Å². The molecule has 0 spiro atoms. The normalized spacial score (nSPS) is 14.8. The Hall–Kier alpha value is -1.06. The predicted octanol–water partition coefficient (Wildman–Crippen LogP) is 3.99. The van der Waals surface area contributed by atoms with E-state index in [1.54, 1.807) is 0 Å². The van der Waals surface area contributed by atoms with Gasteiger partial charge in [-0.2, -0.15) is 5.06 Å². The summed E-state index contributed by atoms with van der Waals surface area (Å²) in [6.45, 7) is 2.79. The highest BCUT2D eigenvalue weighted by atomic mass is 16.7. The fraction of sp³-hybridized carbons (Fsp3) is 0.875. The fourth-order valence-corrected chi connectivity index (χ4v) is 2.47. The van der Waals surface area contributed by atoms with Crippen LogP contribution >= 0.6 is 0 Å². The first-order valence-electron chi connectivity index (χ1n) is 8.25. The number of hydrogen-bond acceptors (Lipinski definition) is 3. The standard InChI is InChI=1S/C16H29NO3/c1-2-3-4-5-6-7-8-9-10-13-16(19)20-17-14-11-12-15(17)18/h2-14H2,1H3. The molecule has 0 aromatic heterocycles. The molecule has 0 N–H and O–H groups in total. The van der Waals surface area contributed by atoms with Gasteiger partial charge in [0.25, 0.3) is 5.91 Å². The van der Waals surface area contributed by atoms with Crippen LogP contribution < -0.4 is 0 Å². The Bertz CT molecular complexity index is 291. The molecule has 0 aromatic carbocycles. The van der Waals surface area contributed by atoms with E-state index in [1.165, 1.54) is 50.0 Å². The highest BCUT2D eigenvalue weighted by molar-refractivity contribution is 5.79. The number of amides is 1. The zero-order chi connectivity index (χ0) is 14.6. The molecule has 1 saturated heterocycles. The van der Waals surface area contributed by atoms with Gasteiger partial charge in [-0.1, -0.05) is 58.3 Å². The largest absolute Gasteiger partial charge is 0.338 e. The molecule has 4 heteroatoms. The molecule has 1 aliphatic heterocycles. The van der Waals surface area contributed by atoms with Gasteiger partial charge in [0, 0.05) is 12.8 Å². The molecule has 0 atom stereocenters. The van der Waals surface area contributed by atoms with Crippen molar-refractivity contribution in [2.75, 3.05) is 6.54 Å². The number of carbonyl (C=O) groups is 2. The van der Waals surface area contributed by atoms with Crippen molar-refractivity contribution < 1.29 is 14.4 Å². The van der Waals surface area contributed by atoms with E-state index in [9.17, 15) is 9.59 Å². The van der Waals surface area contributed by atoms with Crippen molar-refractivity contribution in [1.29, 1.82) is 0 Å². The van der Waals surface area contributed by atoms with Crippen LogP contribution in [0.15, 0.2) is 0 Å². The molecule has 0 saturated carbocycles. The second-order valence-corrected chi connectivity index (χ2v) is 5.64. The highest BCUT2D eigenvalue weighted by Crippen LogP contribution is 2.13. The van der Waals surface area contributed by atoms with Gasteiger partial charge in [0.15, 0.2) is 0 Å². The predicted molar refractivity (Wildman–Crippen MR) is 78.9 cm³/mol. The lowest BCUT2D eigenvalue weighted by molar-refractivity contribution is -0.192. The number of carbonyl (C=O) groups excluding carboxylic acids is 2. The average Bonchev–Trinajstić information content (AvgIpc) is 2.82. The van der Waals surface area contributed by atoms with Crippen LogP contribution in [-0.2, 0) is 14.4 Å². The lowest BCUT2D eigenvalue weighted by Gasteiger charge is -2.14. The molecule has 1 aliphatic rings. The van der Waals surface area contributed by atoms with Crippen molar-refractivity contribution in [3.8, 4) is 0 Å². The van der Waals surface area contributed by atoms with Crippen molar-refractivity contribution in [3.05, 3.63) is 0 Å². The van der Waals surface area contributed by atoms with Crippen LogP contribution in [0.4, 0.5) is 0 Å². The fourth-order valence-electron chi connectivity index (χ4n) is 2.47. The van der Waals surface area contributed by atoms with E-state index in [1.807, 2.05) is 0 Å². The third-order valence-electron chi connectivity index (χ3n) is 3.73. The smallest absolute Gasteiger partial charge is 0.332 e. The number of nitrogens with zero attached hydrogens (tertiary/aromatic N) is 1. The molecule has 116 valence electrons. The van der Waals surface area contributed by atoms with Gasteiger partial charge in [0.05, 0.1) is 6.54 Å². The van der Waals surface area contributed by atoms with Crippen LogP contribution in [-0.4, -0.2) is 23.5 Å². The summed E-state index contributed by atoms with van der Waals surface area (Å²) >= 11 is 0. The zero-order valence-electron chi connectivity index (χ0n) is 12.9. The molecular weight excluding hydrogens is 254 g/mol. The maximum absolute atomic E-state index is 11.5. The second-order valence-electron chi connectivity index (χ2n) is 5.64. The van der Waals surface area contributed by atoms with Crippen LogP contribution in [0, 0.1) is 0 Å². The molecule has 1 amide bonds. The van der Waals surface area contributed by atoms with Crippen molar-refractivity contribution in [3.63, 3.8) is 0 Å². The number of hydroxylamine groups is 2. The summed E-state index contributed by atoms with van der Waals surface area (Å²) in [4.78, 5) is 27.9. The molecular formula is C16H29NO3. The third-order valence-corrected chi connectivity index (χ3v) is 3.73. The van der Waals surface area contributed by atoms with Crippen molar-refractivity contribution in [2.24, 2.45) is 0 Å². The third kappa shape index (κ3) is 7.51. The van der Waals surface area contributed by atoms with Gasteiger partial charge in [-0.05, 0) is 12.8 Å². The van der Waals surface area contributed by atoms with Gasteiger partial charge >= 0.3 is 5.97 Å². The molecule has 1 rings (SSSR count). The maximum Gasteiger partial charge on any atom is 0.332 e. The Morgan fingerprint density at radius 1 is 1.05 bits per heavy atom. The monoisotopic (exact) mass is 283 g/mol. The van der Waals surface area contributed by atoms with Gasteiger partial charge in [-0.25, -0.2) is 4.79 Å². The summed E-state index contributed by atoms with van der Waals surface area (Å²) in [5, 5.41) is 1.22. The molecule has 1 heterocycles. The van der Waals surface area contributed by atoms with E-state index in [4.69, 9.17) is 4.84 Å². The quantitative estimate of drug-likeness (QED) is 0.539. The van der Waals surface area contributed by atoms with Crippen molar-refractivity contribution >= 4 is 11.9 Å². The first kappa shape index (κ1) is 17.0. The van der Waals surface area contributed by atoms with Gasteiger partial charge in [0.2, 0.25) is 0 Å². The van der Waals surface area contributed by atoms with Crippen LogP contribution in [0.5, 0.6) is 0 Å². The summed E-state index contributed by atoms with van der Waals surface area (Å²) in [7, 11) is 0. The lowest BCUT2D eigenvalue weighted by Crippen LogP contribution is -2.28. The summed E-state index contributed by atoms with van der Waals surface area (Å²) in [5.74, 6) is -0.325. The summed E-state index contributed by atoms with van der Waals surface area (Å²) in [6, 6.07) is 0. The van der Waals surface area contributed by atoms with E-state index in [2.05, 4.69) is 6.92 Å². The average molecular weight is 283 g/mol. The van der Waals surface area contributed by atoms with E-state index in [0.717, 1.165) is 19.3 Å². The summed E-state index contributed by atoms with van der Waals surface area (Å²) in [5.41, 5.74) is 0. The Morgan fingerprint density at radius 2 is 1.65 bits per heavy atom. The number of unbranched alkanes of at least 4 members (excludes halogenated alkanes) is 8. The van der Waals surface area contributed by atoms with Crippen LogP contribution in [0.3, 0.4) is 0 Å². The van der Waals surface area contributed by atoms with Crippen LogP contribution in [0.25, 0.3) is 0 Å². The summed E-state index contributed by atoms with van der Waals surface area (Å²) in [6.07, 6.45) is 12.8. The van der Waals surface area contributed by atoms with Crippen molar-refractivity contribution in [2.45, 2.75) is 84.0 Å². The second kappa shape index (κ2) is 10.7. The molecule has 20 heavy (non-hydrogen) atoms. The highest BCUT2D eigenvalue weighted by Gasteiger charge is 2.23. The topological polar surface area (TPSA) is 46.6 Å². The SMILES string of the molecule is CCCCCCCCCCCC(=O)ON1CCCC1=O. The van der Waals surface area contributed by atoms with Crippen LogP contribution in [0.2, 0.25) is 0 Å². The summed E-state index contributed by atoms with van der Waals surface area (Å²) < 4.78 is 0. The molecule has 1 fully saturated rings. The minimum absolute atomic E-state index is 0.0644. The Labute approximate surface area is 122 Å². The van der Waals surface area contributed by atoms with Gasteiger partial charge < -0.3 is 4.84 Å². The minimum Gasteiger partial charge on any atom is -0.338 e. The molecule has 0 aromatic rings. The minimum atomic E-state index is -0.261. The van der Waals surface area contributed by atoms with Gasteiger partial charge in [0.1, 0.15) is 0 Å². The molecule has 0 bridgehead atoms. The Balaban J connectivity index is 1.88. The maximum atomic E-state index is 11.5. The Morgan fingerprint density at radius 3 is 2.20 bits per heavy atom. The Kier molecular flexibility index (Phi) is 9.09. The zero-order valence-corrected chi connectivity index (χ0v) is 12.9. The number of hydrogen-bond donors (Lipinski definition) is 0. The van der Waals surface area contributed by atoms with E-state index in [-0.39, 0.29) is 11.9 Å². The first-order chi connectivity index (χ1) is 9.74.